The van der Waals surface area contributed by atoms with Crippen LogP contribution in [-0.2, 0) is 11.3 Å². The standard InChI is InChI=1S/C9H8BrNO3/c1-14-8-3-2-7(10)6(9(8)13)4-11-5-12/h2-3,13H,4H2,1H3. The number of aliphatic imine (C=N–C) groups is 1. The van der Waals surface area contributed by atoms with Crippen molar-refractivity contribution in [3.8, 4) is 11.5 Å². The summed E-state index contributed by atoms with van der Waals surface area (Å²) in [6, 6.07) is 3.34. The summed E-state index contributed by atoms with van der Waals surface area (Å²) in [7, 11) is 1.45. The van der Waals surface area contributed by atoms with E-state index in [9.17, 15) is 9.90 Å². The smallest absolute Gasteiger partial charge is 0.235 e. The van der Waals surface area contributed by atoms with E-state index in [2.05, 4.69) is 20.9 Å². The number of aromatic hydroxyl groups is 1. The molecular weight excluding hydrogens is 250 g/mol. The van der Waals surface area contributed by atoms with Crippen LogP contribution in [0.15, 0.2) is 21.6 Å². The highest BCUT2D eigenvalue weighted by Gasteiger charge is 2.10. The van der Waals surface area contributed by atoms with Crippen molar-refractivity contribution >= 4 is 22.0 Å². The summed E-state index contributed by atoms with van der Waals surface area (Å²) in [6.45, 7) is 0.0765. The predicted molar refractivity (Wildman–Crippen MR) is 54.2 cm³/mol. The van der Waals surface area contributed by atoms with E-state index in [0.717, 1.165) is 0 Å². The van der Waals surface area contributed by atoms with Crippen molar-refractivity contribution in [3.63, 3.8) is 0 Å². The lowest BCUT2D eigenvalue weighted by atomic mass is 10.2. The minimum atomic E-state index is -0.0131. The molecule has 0 unspecified atom stereocenters. The molecule has 0 aliphatic rings. The molecule has 0 saturated carbocycles. The Morgan fingerprint density at radius 2 is 2.36 bits per heavy atom. The van der Waals surface area contributed by atoms with E-state index in [0.29, 0.717) is 15.8 Å². The van der Waals surface area contributed by atoms with Crippen LogP contribution in [0, 0.1) is 0 Å². The van der Waals surface area contributed by atoms with Gasteiger partial charge in [0, 0.05) is 10.0 Å². The zero-order chi connectivity index (χ0) is 10.6. The van der Waals surface area contributed by atoms with Crippen LogP contribution in [-0.4, -0.2) is 18.3 Å². The summed E-state index contributed by atoms with van der Waals surface area (Å²) in [5.41, 5.74) is 0.507. The van der Waals surface area contributed by atoms with Gasteiger partial charge in [-0.15, -0.1) is 0 Å². The van der Waals surface area contributed by atoms with E-state index in [1.165, 1.54) is 13.2 Å². The Morgan fingerprint density at radius 3 is 2.93 bits per heavy atom. The van der Waals surface area contributed by atoms with Gasteiger partial charge in [0.2, 0.25) is 6.08 Å². The molecular formula is C9H8BrNO3. The Bertz CT molecular complexity index is 386. The second kappa shape index (κ2) is 4.79. The zero-order valence-corrected chi connectivity index (χ0v) is 9.04. The van der Waals surface area contributed by atoms with Gasteiger partial charge in [-0.3, -0.25) is 0 Å². The highest BCUT2D eigenvalue weighted by Crippen LogP contribution is 2.35. The summed E-state index contributed by atoms with van der Waals surface area (Å²) < 4.78 is 5.59. The quantitative estimate of drug-likeness (QED) is 0.666. The molecule has 1 N–H and O–H groups in total. The Labute approximate surface area is 89.4 Å². The van der Waals surface area contributed by atoms with Crippen molar-refractivity contribution in [2.45, 2.75) is 6.54 Å². The second-order valence-corrected chi connectivity index (χ2v) is 3.34. The van der Waals surface area contributed by atoms with Gasteiger partial charge in [0.05, 0.1) is 13.7 Å². The first-order valence-corrected chi connectivity index (χ1v) is 4.58. The number of halogens is 1. The average molecular weight is 258 g/mol. The first-order chi connectivity index (χ1) is 6.70. The number of hydrogen-bond acceptors (Lipinski definition) is 4. The maximum absolute atomic E-state index is 9.94. The minimum Gasteiger partial charge on any atom is -0.504 e. The number of phenolic OH excluding ortho intramolecular Hbond substituents is 1. The molecule has 0 aromatic heterocycles. The van der Waals surface area contributed by atoms with Crippen molar-refractivity contribution in [2.75, 3.05) is 7.11 Å². The number of phenols is 1. The summed E-state index contributed by atoms with van der Waals surface area (Å²) in [6.07, 6.45) is 1.41. The van der Waals surface area contributed by atoms with E-state index in [1.807, 2.05) is 0 Å². The van der Waals surface area contributed by atoms with E-state index in [4.69, 9.17) is 4.74 Å². The van der Waals surface area contributed by atoms with Crippen molar-refractivity contribution in [2.24, 2.45) is 4.99 Å². The average Bonchev–Trinajstić information content (AvgIpc) is 2.18. The normalized spacial score (nSPS) is 9.29. The van der Waals surface area contributed by atoms with E-state index < -0.39 is 0 Å². The number of carbonyl (C=O) groups excluding carboxylic acids is 1. The van der Waals surface area contributed by atoms with E-state index in [1.54, 1.807) is 12.1 Å². The third-order valence-corrected chi connectivity index (χ3v) is 2.45. The topological polar surface area (TPSA) is 58.9 Å². The molecule has 5 heteroatoms. The van der Waals surface area contributed by atoms with E-state index >= 15 is 0 Å². The lowest BCUT2D eigenvalue weighted by Gasteiger charge is -2.08. The highest BCUT2D eigenvalue weighted by atomic mass is 79.9. The molecule has 14 heavy (non-hydrogen) atoms. The van der Waals surface area contributed by atoms with Gasteiger partial charge >= 0.3 is 0 Å². The van der Waals surface area contributed by atoms with Gasteiger partial charge in [0.25, 0.3) is 0 Å². The van der Waals surface area contributed by atoms with Crippen LogP contribution in [0.2, 0.25) is 0 Å². The van der Waals surface area contributed by atoms with Crippen LogP contribution in [0.5, 0.6) is 11.5 Å². The molecule has 0 spiro atoms. The Morgan fingerprint density at radius 1 is 1.64 bits per heavy atom. The first kappa shape index (κ1) is 10.8. The largest absolute Gasteiger partial charge is 0.504 e. The number of ether oxygens (including phenoxy) is 1. The molecule has 0 amide bonds. The number of benzene rings is 1. The molecule has 74 valence electrons. The van der Waals surface area contributed by atoms with Gasteiger partial charge in [-0.2, -0.15) is 0 Å². The van der Waals surface area contributed by atoms with Gasteiger partial charge in [0.15, 0.2) is 11.5 Å². The van der Waals surface area contributed by atoms with Crippen LogP contribution >= 0.6 is 15.9 Å². The lowest BCUT2D eigenvalue weighted by Crippen LogP contribution is -1.90. The van der Waals surface area contributed by atoms with Crippen LogP contribution in [0.1, 0.15) is 5.56 Å². The lowest BCUT2D eigenvalue weighted by molar-refractivity contribution is 0.370. The number of methoxy groups -OCH3 is 1. The molecule has 0 saturated heterocycles. The fraction of sp³-hybridized carbons (Fsp3) is 0.222. The van der Waals surface area contributed by atoms with Gasteiger partial charge in [-0.25, -0.2) is 9.79 Å². The van der Waals surface area contributed by atoms with Crippen LogP contribution in [0.3, 0.4) is 0 Å². The molecule has 1 aromatic rings. The molecule has 0 bridgehead atoms. The highest BCUT2D eigenvalue weighted by molar-refractivity contribution is 9.10. The molecule has 1 aromatic carbocycles. The summed E-state index contributed by atoms with van der Waals surface area (Å²) in [4.78, 5) is 13.3. The van der Waals surface area contributed by atoms with Crippen molar-refractivity contribution in [1.29, 1.82) is 0 Å². The summed E-state index contributed by atoms with van der Waals surface area (Å²) >= 11 is 3.24. The molecule has 0 atom stereocenters. The molecule has 0 aliphatic heterocycles. The molecule has 0 radical (unpaired) electrons. The molecule has 4 nitrogen and oxygen atoms in total. The monoisotopic (exact) mass is 257 g/mol. The van der Waals surface area contributed by atoms with Crippen LogP contribution < -0.4 is 4.74 Å². The van der Waals surface area contributed by atoms with Gasteiger partial charge < -0.3 is 9.84 Å². The number of isocyanates is 1. The summed E-state index contributed by atoms with van der Waals surface area (Å²) in [5, 5.41) is 9.65. The number of rotatable bonds is 3. The Kier molecular flexibility index (Phi) is 3.68. The third-order valence-electron chi connectivity index (χ3n) is 1.71. The van der Waals surface area contributed by atoms with Gasteiger partial charge in [0.1, 0.15) is 0 Å². The van der Waals surface area contributed by atoms with Crippen LogP contribution in [0.4, 0.5) is 0 Å². The van der Waals surface area contributed by atoms with Crippen molar-refractivity contribution < 1.29 is 14.6 Å². The fourth-order valence-corrected chi connectivity index (χ4v) is 1.46. The molecule has 0 aliphatic carbocycles. The number of nitrogens with zero attached hydrogens (tertiary/aromatic N) is 1. The zero-order valence-electron chi connectivity index (χ0n) is 7.45. The van der Waals surface area contributed by atoms with Crippen LogP contribution in [0.25, 0.3) is 0 Å². The predicted octanol–water partition coefficient (Wildman–Crippen LogP) is 2.00. The maximum Gasteiger partial charge on any atom is 0.235 e. The SMILES string of the molecule is COc1ccc(Br)c(CN=C=O)c1O. The Balaban J connectivity index is 3.17. The van der Waals surface area contributed by atoms with Gasteiger partial charge in [-0.05, 0) is 12.1 Å². The molecule has 0 heterocycles. The van der Waals surface area contributed by atoms with Crippen molar-refractivity contribution in [1.82, 2.24) is 0 Å². The molecule has 1 rings (SSSR count). The number of hydrogen-bond donors (Lipinski definition) is 1. The fourth-order valence-electron chi connectivity index (χ4n) is 1.02. The Hall–Kier alpha value is -1.32. The second-order valence-electron chi connectivity index (χ2n) is 2.48. The molecule has 0 fully saturated rings. The minimum absolute atomic E-state index is 0.0131. The van der Waals surface area contributed by atoms with E-state index in [-0.39, 0.29) is 12.3 Å². The summed E-state index contributed by atoms with van der Waals surface area (Å²) in [5.74, 6) is 0.338. The maximum atomic E-state index is 9.94. The van der Waals surface area contributed by atoms with Gasteiger partial charge in [-0.1, -0.05) is 15.9 Å². The van der Waals surface area contributed by atoms with Crippen molar-refractivity contribution in [3.05, 3.63) is 22.2 Å². The first-order valence-electron chi connectivity index (χ1n) is 3.78. The third kappa shape index (κ3) is 2.13.